The van der Waals surface area contributed by atoms with Crippen molar-refractivity contribution >= 4 is 39.1 Å². The fourth-order valence-electron chi connectivity index (χ4n) is 2.77. The zero-order valence-corrected chi connectivity index (χ0v) is 18.5. The Bertz CT molecular complexity index is 968. The number of halogens is 1. The lowest BCUT2D eigenvalue weighted by Gasteiger charge is -2.07. The molecule has 1 heterocycles. The molecule has 0 fully saturated rings. The molecule has 2 aromatic carbocycles. The van der Waals surface area contributed by atoms with Gasteiger partial charge in [0.25, 0.3) is 5.91 Å². The number of hydrogen-bond donors (Lipinski definition) is 2. The van der Waals surface area contributed by atoms with Gasteiger partial charge < -0.3 is 10.6 Å². The molecule has 0 saturated heterocycles. The summed E-state index contributed by atoms with van der Waals surface area (Å²) in [6.45, 7) is 2.87. The summed E-state index contributed by atoms with van der Waals surface area (Å²) < 4.78 is 0.918. The normalized spacial score (nSPS) is 10.6. The molecular formula is C22H22BrN3O2S. The van der Waals surface area contributed by atoms with Crippen LogP contribution in [-0.4, -0.2) is 29.9 Å². The molecule has 29 heavy (non-hydrogen) atoms. The Labute approximate surface area is 182 Å². The lowest BCUT2D eigenvalue weighted by Crippen LogP contribution is -2.31. The van der Waals surface area contributed by atoms with Crippen LogP contribution in [0.3, 0.4) is 0 Å². The van der Waals surface area contributed by atoms with Gasteiger partial charge in [-0.2, -0.15) is 0 Å². The summed E-state index contributed by atoms with van der Waals surface area (Å²) in [7, 11) is 0. The van der Waals surface area contributed by atoms with E-state index in [1.165, 1.54) is 0 Å². The fraction of sp³-hybridized carbons (Fsp3) is 0.227. The average molecular weight is 472 g/mol. The van der Waals surface area contributed by atoms with Gasteiger partial charge in [-0.25, -0.2) is 4.98 Å². The van der Waals surface area contributed by atoms with Gasteiger partial charge in [0, 0.05) is 40.5 Å². The number of nitrogens with zero attached hydrogens (tertiary/aromatic N) is 1. The van der Waals surface area contributed by atoms with E-state index >= 15 is 0 Å². The van der Waals surface area contributed by atoms with Gasteiger partial charge in [-0.3, -0.25) is 9.59 Å². The van der Waals surface area contributed by atoms with Crippen molar-refractivity contribution in [1.82, 2.24) is 15.6 Å². The Hall–Kier alpha value is -2.51. The first-order valence-electron chi connectivity index (χ1n) is 9.33. The third-order valence-corrected chi connectivity index (χ3v) is 5.65. The van der Waals surface area contributed by atoms with Gasteiger partial charge in [-0.05, 0) is 43.2 Å². The monoisotopic (exact) mass is 471 g/mol. The fourth-order valence-corrected chi connectivity index (χ4v) is 3.65. The van der Waals surface area contributed by atoms with Crippen LogP contribution < -0.4 is 10.6 Å². The van der Waals surface area contributed by atoms with Gasteiger partial charge in [0.1, 0.15) is 0 Å². The highest BCUT2D eigenvalue weighted by Crippen LogP contribution is 2.21. The number of nitrogens with one attached hydrogen (secondary N) is 2. The summed E-state index contributed by atoms with van der Waals surface area (Å²) in [4.78, 5) is 28.5. The molecule has 0 atom stereocenters. The van der Waals surface area contributed by atoms with Crippen LogP contribution in [0.4, 0.5) is 0 Å². The number of rotatable bonds is 8. The summed E-state index contributed by atoms with van der Waals surface area (Å²) in [5.41, 5.74) is 3.83. The Balaban J connectivity index is 1.35. The molecule has 0 bridgehead atoms. The Morgan fingerprint density at radius 2 is 1.72 bits per heavy atom. The summed E-state index contributed by atoms with van der Waals surface area (Å²) in [6.07, 6.45) is 1.01. The first kappa shape index (κ1) is 21.2. The molecule has 0 unspecified atom stereocenters. The second-order valence-corrected chi connectivity index (χ2v) is 8.54. The van der Waals surface area contributed by atoms with E-state index in [9.17, 15) is 9.59 Å². The molecule has 3 aromatic rings. The minimum Gasteiger partial charge on any atom is -0.356 e. The number of carbonyl (C=O) groups excluding carboxylic acids is 2. The van der Waals surface area contributed by atoms with E-state index in [-0.39, 0.29) is 18.2 Å². The number of carbonyl (C=O) groups is 2. The van der Waals surface area contributed by atoms with E-state index in [1.54, 1.807) is 23.5 Å². The van der Waals surface area contributed by atoms with Gasteiger partial charge >= 0.3 is 0 Å². The summed E-state index contributed by atoms with van der Waals surface area (Å²) in [5.74, 6) is -0.253. The van der Waals surface area contributed by atoms with Crippen LogP contribution in [0.15, 0.2) is 58.4 Å². The van der Waals surface area contributed by atoms with E-state index in [1.807, 2.05) is 19.1 Å². The molecule has 0 spiro atoms. The molecule has 150 valence electrons. The highest BCUT2D eigenvalue weighted by atomic mass is 79.9. The van der Waals surface area contributed by atoms with Crippen molar-refractivity contribution in [2.24, 2.45) is 0 Å². The highest BCUT2D eigenvalue weighted by molar-refractivity contribution is 9.10. The number of hydrogen-bond acceptors (Lipinski definition) is 4. The van der Waals surface area contributed by atoms with Gasteiger partial charge in [-0.15, -0.1) is 11.3 Å². The van der Waals surface area contributed by atoms with Crippen molar-refractivity contribution < 1.29 is 9.59 Å². The van der Waals surface area contributed by atoms with Crippen molar-refractivity contribution in [3.8, 4) is 11.3 Å². The van der Waals surface area contributed by atoms with Gasteiger partial charge in [0.05, 0.1) is 10.7 Å². The predicted molar refractivity (Wildman–Crippen MR) is 120 cm³/mol. The number of thiazole rings is 1. The maximum absolute atomic E-state index is 12.0. The average Bonchev–Trinajstić information content (AvgIpc) is 3.15. The van der Waals surface area contributed by atoms with Crippen LogP contribution >= 0.6 is 27.3 Å². The van der Waals surface area contributed by atoms with Crippen molar-refractivity contribution in [2.45, 2.75) is 19.8 Å². The molecule has 0 aliphatic rings. The standard InChI is InChI=1S/C22H22BrN3O2S/c1-15-26-20(14-29-15)17-4-2-16(3-5-17)10-12-24-21(27)11-13-25-22(28)18-6-8-19(23)9-7-18/h2-9,14H,10-13H2,1H3,(H,24,27)(H,25,28). The molecular weight excluding hydrogens is 450 g/mol. The number of aryl methyl sites for hydroxylation is 1. The molecule has 2 N–H and O–H groups in total. The van der Waals surface area contributed by atoms with Gasteiger partial charge in [-0.1, -0.05) is 40.2 Å². The Morgan fingerprint density at radius 1 is 1.00 bits per heavy atom. The van der Waals surface area contributed by atoms with Gasteiger partial charge in [0.2, 0.25) is 5.91 Å². The molecule has 7 heteroatoms. The van der Waals surface area contributed by atoms with E-state index < -0.39 is 0 Å². The highest BCUT2D eigenvalue weighted by Gasteiger charge is 2.07. The lowest BCUT2D eigenvalue weighted by molar-refractivity contribution is -0.120. The molecule has 0 aliphatic carbocycles. The Kier molecular flexibility index (Phi) is 7.55. The number of amides is 2. The second-order valence-electron chi connectivity index (χ2n) is 6.56. The molecule has 0 radical (unpaired) electrons. The maximum Gasteiger partial charge on any atom is 0.251 e. The van der Waals surface area contributed by atoms with E-state index in [0.717, 1.165) is 32.7 Å². The SMILES string of the molecule is Cc1nc(-c2ccc(CCNC(=O)CCNC(=O)c3ccc(Br)cc3)cc2)cs1. The number of aromatic nitrogens is 1. The Morgan fingerprint density at radius 3 is 2.38 bits per heavy atom. The molecule has 0 saturated carbocycles. The summed E-state index contributed by atoms with van der Waals surface area (Å²) >= 11 is 4.98. The van der Waals surface area contributed by atoms with Crippen molar-refractivity contribution in [2.75, 3.05) is 13.1 Å². The second kappa shape index (κ2) is 10.3. The largest absolute Gasteiger partial charge is 0.356 e. The van der Waals surface area contributed by atoms with Crippen molar-refractivity contribution in [1.29, 1.82) is 0 Å². The zero-order chi connectivity index (χ0) is 20.6. The van der Waals surface area contributed by atoms with Crippen molar-refractivity contribution in [3.63, 3.8) is 0 Å². The first-order chi connectivity index (χ1) is 14.0. The summed E-state index contributed by atoms with van der Waals surface area (Å²) in [6, 6.07) is 15.3. The third kappa shape index (κ3) is 6.51. The first-order valence-corrected chi connectivity index (χ1v) is 11.0. The van der Waals surface area contributed by atoms with Crippen LogP contribution in [0.2, 0.25) is 0 Å². The van der Waals surface area contributed by atoms with Crippen LogP contribution in [0, 0.1) is 6.92 Å². The molecule has 2 amide bonds. The van der Waals surface area contributed by atoms with Crippen LogP contribution in [0.1, 0.15) is 27.3 Å². The topological polar surface area (TPSA) is 71.1 Å². The van der Waals surface area contributed by atoms with E-state index in [4.69, 9.17) is 0 Å². The molecule has 0 aliphatic heterocycles. The zero-order valence-electron chi connectivity index (χ0n) is 16.1. The minimum absolute atomic E-state index is 0.0734. The van der Waals surface area contributed by atoms with E-state index in [0.29, 0.717) is 18.7 Å². The smallest absolute Gasteiger partial charge is 0.251 e. The van der Waals surface area contributed by atoms with Crippen molar-refractivity contribution in [3.05, 3.63) is 74.5 Å². The van der Waals surface area contributed by atoms with Gasteiger partial charge in [0.15, 0.2) is 0 Å². The predicted octanol–water partition coefficient (Wildman–Crippen LogP) is 4.36. The number of benzene rings is 2. The van der Waals surface area contributed by atoms with Crippen LogP contribution in [-0.2, 0) is 11.2 Å². The quantitative estimate of drug-likeness (QED) is 0.512. The molecule has 5 nitrogen and oxygen atoms in total. The van der Waals surface area contributed by atoms with Crippen LogP contribution in [0.25, 0.3) is 11.3 Å². The summed E-state index contributed by atoms with van der Waals surface area (Å²) in [5, 5.41) is 8.77. The van der Waals surface area contributed by atoms with Crippen LogP contribution in [0.5, 0.6) is 0 Å². The molecule has 3 rings (SSSR count). The third-order valence-electron chi connectivity index (χ3n) is 4.35. The lowest BCUT2D eigenvalue weighted by atomic mass is 10.1. The molecule has 1 aromatic heterocycles. The maximum atomic E-state index is 12.0. The van der Waals surface area contributed by atoms with E-state index in [2.05, 4.69) is 61.2 Å². The minimum atomic E-state index is -0.180.